The van der Waals surface area contributed by atoms with Crippen molar-refractivity contribution in [2.24, 2.45) is 5.73 Å². The van der Waals surface area contributed by atoms with Crippen molar-refractivity contribution < 1.29 is 9.66 Å². The van der Waals surface area contributed by atoms with Crippen molar-refractivity contribution in [2.75, 3.05) is 0 Å². The average molecular weight is 286 g/mol. The van der Waals surface area contributed by atoms with Crippen molar-refractivity contribution in [2.45, 2.75) is 26.5 Å². The summed E-state index contributed by atoms with van der Waals surface area (Å²) in [5.74, 6) is 0.713. The van der Waals surface area contributed by atoms with Gasteiger partial charge in [0.15, 0.2) is 0 Å². The number of nitro groups is 1. The third-order valence-corrected chi connectivity index (χ3v) is 3.41. The quantitative estimate of drug-likeness (QED) is 0.674. The summed E-state index contributed by atoms with van der Waals surface area (Å²) in [5.41, 5.74) is 8.38. The molecule has 0 saturated carbocycles. The van der Waals surface area contributed by atoms with E-state index < -0.39 is 0 Å². The van der Waals surface area contributed by atoms with Crippen LogP contribution in [0, 0.1) is 17.0 Å². The first kappa shape index (κ1) is 15.0. The monoisotopic (exact) mass is 286 g/mol. The van der Waals surface area contributed by atoms with Crippen molar-refractivity contribution in [3.8, 4) is 5.75 Å². The fraction of sp³-hybridized carbons (Fsp3) is 0.250. The second kappa shape index (κ2) is 6.37. The zero-order chi connectivity index (χ0) is 15.4. The van der Waals surface area contributed by atoms with Gasteiger partial charge in [0.2, 0.25) is 0 Å². The standard InChI is InChI=1S/C16H18N2O3/c1-11-14(4-3-5-16(11)18(19)20)10-21-15-8-6-13(7-9-15)12(2)17/h3-9,12H,10,17H2,1-2H3/t12-/m1/s1. The Kier molecular flexibility index (Phi) is 4.55. The molecule has 0 heterocycles. The van der Waals surface area contributed by atoms with Crippen LogP contribution in [0.4, 0.5) is 5.69 Å². The first-order valence-corrected chi connectivity index (χ1v) is 6.70. The van der Waals surface area contributed by atoms with Crippen LogP contribution in [-0.2, 0) is 6.61 Å². The Balaban J connectivity index is 2.09. The largest absolute Gasteiger partial charge is 0.489 e. The fourth-order valence-electron chi connectivity index (χ4n) is 2.05. The molecule has 2 aromatic rings. The van der Waals surface area contributed by atoms with Gasteiger partial charge in [-0.1, -0.05) is 24.3 Å². The average Bonchev–Trinajstić information content (AvgIpc) is 2.46. The number of rotatable bonds is 5. The van der Waals surface area contributed by atoms with E-state index in [0.29, 0.717) is 17.9 Å². The highest BCUT2D eigenvalue weighted by molar-refractivity contribution is 5.44. The highest BCUT2D eigenvalue weighted by Gasteiger charge is 2.13. The normalized spacial score (nSPS) is 12.0. The van der Waals surface area contributed by atoms with E-state index in [9.17, 15) is 10.1 Å². The molecule has 0 amide bonds. The molecule has 5 nitrogen and oxygen atoms in total. The minimum atomic E-state index is -0.379. The number of nitro benzene ring substituents is 1. The molecule has 0 radical (unpaired) electrons. The zero-order valence-corrected chi connectivity index (χ0v) is 12.1. The summed E-state index contributed by atoms with van der Waals surface area (Å²) in [6.45, 7) is 3.95. The third kappa shape index (κ3) is 3.58. The number of nitrogens with two attached hydrogens (primary N) is 1. The summed E-state index contributed by atoms with van der Waals surface area (Å²) in [4.78, 5) is 10.5. The summed E-state index contributed by atoms with van der Waals surface area (Å²) in [5, 5.41) is 10.9. The van der Waals surface area contributed by atoms with E-state index in [2.05, 4.69) is 0 Å². The van der Waals surface area contributed by atoms with Gasteiger partial charge in [-0.3, -0.25) is 10.1 Å². The van der Waals surface area contributed by atoms with Crippen LogP contribution in [0.25, 0.3) is 0 Å². The molecule has 0 fully saturated rings. The lowest BCUT2D eigenvalue weighted by Gasteiger charge is -2.10. The van der Waals surface area contributed by atoms with Gasteiger partial charge in [0.05, 0.1) is 4.92 Å². The lowest BCUT2D eigenvalue weighted by molar-refractivity contribution is -0.385. The zero-order valence-electron chi connectivity index (χ0n) is 12.1. The van der Waals surface area contributed by atoms with Crippen LogP contribution in [0.3, 0.4) is 0 Å². The van der Waals surface area contributed by atoms with Crippen LogP contribution in [0.2, 0.25) is 0 Å². The van der Waals surface area contributed by atoms with Crippen molar-refractivity contribution in [1.29, 1.82) is 0 Å². The van der Waals surface area contributed by atoms with Gasteiger partial charge in [-0.15, -0.1) is 0 Å². The summed E-state index contributed by atoms with van der Waals surface area (Å²) in [6.07, 6.45) is 0. The minimum absolute atomic E-state index is 0.0157. The molecule has 1 atom stereocenters. The summed E-state index contributed by atoms with van der Waals surface area (Å²) < 4.78 is 5.68. The van der Waals surface area contributed by atoms with Crippen molar-refractivity contribution in [1.82, 2.24) is 0 Å². The van der Waals surface area contributed by atoms with Crippen LogP contribution in [0.15, 0.2) is 42.5 Å². The van der Waals surface area contributed by atoms with Crippen LogP contribution in [0.1, 0.15) is 29.7 Å². The highest BCUT2D eigenvalue weighted by Crippen LogP contribution is 2.23. The molecule has 0 unspecified atom stereocenters. The van der Waals surface area contributed by atoms with Crippen LogP contribution in [0.5, 0.6) is 5.75 Å². The molecule has 5 heteroatoms. The van der Waals surface area contributed by atoms with Gasteiger partial charge >= 0.3 is 0 Å². The van der Waals surface area contributed by atoms with E-state index in [1.165, 1.54) is 6.07 Å². The van der Waals surface area contributed by atoms with E-state index in [1.807, 2.05) is 37.3 Å². The van der Waals surface area contributed by atoms with Crippen molar-refractivity contribution in [3.05, 3.63) is 69.3 Å². The predicted molar refractivity (Wildman–Crippen MR) is 81.2 cm³/mol. The highest BCUT2D eigenvalue weighted by atomic mass is 16.6. The number of ether oxygens (including phenoxy) is 1. The molecule has 21 heavy (non-hydrogen) atoms. The van der Waals surface area contributed by atoms with Crippen molar-refractivity contribution in [3.63, 3.8) is 0 Å². The van der Waals surface area contributed by atoms with Crippen molar-refractivity contribution >= 4 is 5.69 Å². The number of hydrogen-bond donors (Lipinski definition) is 1. The van der Waals surface area contributed by atoms with Gasteiger partial charge in [-0.25, -0.2) is 0 Å². The summed E-state index contributed by atoms with van der Waals surface area (Å²) >= 11 is 0. The minimum Gasteiger partial charge on any atom is -0.489 e. The first-order chi connectivity index (χ1) is 9.99. The molecule has 0 aliphatic carbocycles. The molecule has 2 N–H and O–H groups in total. The summed E-state index contributed by atoms with van der Waals surface area (Å²) in [6, 6.07) is 12.5. The van der Waals surface area contributed by atoms with E-state index in [0.717, 1.165) is 11.1 Å². The van der Waals surface area contributed by atoms with Crippen LogP contribution >= 0.6 is 0 Å². The van der Waals surface area contributed by atoms with Crippen LogP contribution in [-0.4, -0.2) is 4.92 Å². The molecular weight excluding hydrogens is 268 g/mol. The second-order valence-corrected chi connectivity index (χ2v) is 4.96. The van der Waals surface area contributed by atoms with Gasteiger partial charge < -0.3 is 10.5 Å². The van der Waals surface area contributed by atoms with Gasteiger partial charge in [-0.2, -0.15) is 0 Å². The molecule has 0 aliphatic rings. The summed E-state index contributed by atoms with van der Waals surface area (Å²) in [7, 11) is 0. The Hall–Kier alpha value is -2.40. The fourth-order valence-corrected chi connectivity index (χ4v) is 2.05. The molecule has 110 valence electrons. The Bertz CT molecular complexity index is 636. The van der Waals surface area contributed by atoms with E-state index in [1.54, 1.807) is 13.0 Å². The first-order valence-electron chi connectivity index (χ1n) is 6.70. The van der Waals surface area contributed by atoms with Gasteiger partial charge in [0, 0.05) is 17.7 Å². The molecule has 0 aliphatic heterocycles. The Morgan fingerprint density at radius 3 is 2.48 bits per heavy atom. The molecule has 0 spiro atoms. The maximum absolute atomic E-state index is 10.9. The lowest BCUT2D eigenvalue weighted by Crippen LogP contribution is -2.05. The predicted octanol–water partition coefficient (Wildman–Crippen LogP) is 3.50. The topological polar surface area (TPSA) is 78.4 Å². The molecule has 0 aromatic heterocycles. The van der Waals surface area contributed by atoms with Gasteiger partial charge in [0.25, 0.3) is 5.69 Å². The number of nitrogens with zero attached hydrogens (tertiary/aromatic N) is 1. The molecule has 0 bridgehead atoms. The Morgan fingerprint density at radius 2 is 1.90 bits per heavy atom. The third-order valence-electron chi connectivity index (χ3n) is 3.41. The molecule has 0 saturated heterocycles. The maximum atomic E-state index is 10.9. The van der Waals surface area contributed by atoms with E-state index >= 15 is 0 Å². The number of hydrogen-bond acceptors (Lipinski definition) is 4. The number of benzene rings is 2. The van der Waals surface area contributed by atoms with E-state index in [-0.39, 0.29) is 16.7 Å². The maximum Gasteiger partial charge on any atom is 0.272 e. The lowest BCUT2D eigenvalue weighted by atomic mass is 10.1. The molecule has 2 aromatic carbocycles. The van der Waals surface area contributed by atoms with E-state index in [4.69, 9.17) is 10.5 Å². The van der Waals surface area contributed by atoms with Crippen LogP contribution < -0.4 is 10.5 Å². The Labute approximate surface area is 123 Å². The molecule has 2 rings (SSSR count). The van der Waals surface area contributed by atoms with Gasteiger partial charge in [-0.05, 0) is 37.1 Å². The van der Waals surface area contributed by atoms with Gasteiger partial charge in [0.1, 0.15) is 12.4 Å². The smallest absolute Gasteiger partial charge is 0.272 e. The second-order valence-electron chi connectivity index (χ2n) is 4.96. The SMILES string of the molecule is Cc1c(COc2ccc([C@@H](C)N)cc2)cccc1[N+](=O)[O-]. The Morgan fingerprint density at radius 1 is 1.24 bits per heavy atom. The molecular formula is C16H18N2O3.